The van der Waals surface area contributed by atoms with Crippen molar-refractivity contribution < 1.29 is 9.90 Å². The zero-order valence-electron chi connectivity index (χ0n) is 11.3. The number of amides is 1. The maximum atomic E-state index is 12.0. The summed E-state index contributed by atoms with van der Waals surface area (Å²) in [6.45, 7) is 1.63. The van der Waals surface area contributed by atoms with E-state index in [1.807, 2.05) is 17.0 Å². The van der Waals surface area contributed by atoms with Gasteiger partial charge in [-0.25, -0.2) is 0 Å². The van der Waals surface area contributed by atoms with Gasteiger partial charge in [-0.3, -0.25) is 4.79 Å². The number of aliphatic hydroxyl groups excluding tert-OH is 1. The third-order valence-electron chi connectivity index (χ3n) is 3.64. The number of carbonyl (C=O) groups is 1. The van der Waals surface area contributed by atoms with E-state index in [0.717, 1.165) is 18.4 Å². The summed E-state index contributed by atoms with van der Waals surface area (Å²) in [5, 5.41) is 17.8. The van der Waals surface area contributed by atoms with Crippen molar-refractivity contribution in [1.29, 1.82) is 5.26 Å². The van der Waals surface area contributed by atoms with Gasteiger partial charge in [-0.15, -0.1) is 0 Å². The first-order valence-corrected chi connectivity index (χ1v) is 6.81. The molecule has 1 fully saturated rings. The van der Waals surface area contributed by atoms with Crippen molar-refractivity contribution in [3.63, 3.8) is 0 Å². The molecule has 0 unspecified atom stereocenters. The van der Waals surface area contributed by atoms with Crippen LogP contribution in [0.25, 0.3) is 6.08 Å². The summed E-state index contributed by atoms with van der Waals surface area (Å²) in [4.78, 5) is 13.8. The Balaban J connectivity index is 1.90. The van der Waals surface area contributed by atoms with Gasteiger partial charge >= 0.3 is 0 Å². The van der Waals surface area contributed by atoms with Crippen LogP contribution < -0.4 is 0 Å². The zero-order chi connectivity index (χ0) is 14.4. The fraction of sp³-hybridized carbons (Fsp3) is 0.375. The van der Waals surface area contributed by atoms with Crippen molar-refractivity contribution >= 4 is 12.0 Å². The third kappa shape index (κ3) is 3.69. The molecule has 0 saturated carbocycles. The quantitative estimate of drug-likeness (QED) is 0.852. The molecule has 0 bridgehead atoms. The van der Waals surface area contributed by atoms with Gasteiger partial charge in [-0.1, -0.05) is 12.1 Å². The molecule has 0 spiro atoms. The van der Waals surface area contributed by atoms with Crippen molar-refractivity contribution in [1.82, 2.24) is 4.90 Å². The summed E-state index contributed by atoms with van der Waals surface area (Å²) in [5.74, 6) is 0.340. The highest BCUT2D eigenvalue weighted by molar-refractivity contribution is 5.91. The van der Waals surface area contributed by atoms with Gasteiger partial charge in [-0.05, 0) is 42.5 Å². The number of piperidine rings is 1. The predicted octanol–water partition coefficient (Wildman–Crippen LogP) is 1.80. The number of rotatable bonds is 3. The highest BCUT2D eigenvalue weighted by atomic mass is 16.3. The normalized spacial score (nSPS) is 16.3. The Hall–Kier alpha value is -2.12. The second-order valence-electron chi connectivity index (χ2n) is 5.02. The maximum absolute atomic E-state index is 12.0. The first-order chi connectivity index (χ1) is 9.72. The third-order valence-corrected chi connectivity index (χ3v) is 3.64. The maximum Gasteiger partial charge on any atom is 0.246 e. The van der Waals surface area contributed by atoms with Crippen LogP contribution in [-0.4, -0.2) is 35.6 Å². The van der Waals surface area contributed by atoms with Gasteiger partial charge in [0.05, 0.1) is 11.6 Å². The molecule has 104 valence electrons. The molecule has 4 heteroatoms. The molecule has 1 aliphatic heterocycles. The molecule has 1 amide bonds. The van der Waals surface area contributed by atoms with E-state index in [-0.39, 0.29) is 12.5 Å². The Morgan fingerprint density at radius 2 is 2.00 bits per heavy atom. The lowest BCUT2D eigenvalue weighted by molar-refractivity contribution is -0.127. The SMILES string of the molecule is N#Cc1ccc(/C=C/C(=O)N2CCC(CO)CC2)cc1. The summed E-state index contributed by atoms with van der Waals surface area (Å²) in [5.41, 5.74) is 1.52. The van der Waals surface area contributed by atoms with Crippen molar-refractivity contribution in [3.05, 3.63) is 41.5 Å². The smallest absolute Gasteiger partial charge is 0.246 e. The molecule has 20 heavy (non-hydrogen) atoms. The Bertz CT molecular complexity index is 520. The average Bonchev–Trinajstić information content (AvgIpc) is 2.53. The molecule has 2 rings (SSSR count). The minimum atomic E-state index is 0.00532. The molecule has 1 saturated heterocycles. The predicted molar refractivity (Wildman–Crippen MR) is 76.6 cm³/mol. The van der Waals surface area contributed by atoms with Crippen LogP contribution in [0.15, 0.2) is 30.3 Å². The van der Waals surface area contributed by atoms with Crippen LogP contribution in [0.4, 0.5) is 0 Å². The average molecular weight is 270 g/mol. The largest absolute Gasteiger partial charge is 0.396 e. The van der Waals surface area contributed by atoms with E-state index in [1.54, 1.807) is 24.3 Å². The number of aliphatic hydroxyl groups is 1. The van der Waals surface area contributed by atoms with Crippen LogP contribution in [0.1, 0.15) is 24.0 Å². The van der Waals surface area contributed by atoms with Crippen molar-refractivity contribution in [2.24, 2.45) is 5.92 Å². The molecule has 0 aromatic heterocycles. The van der Waals surface area contributed by atoms with Gasteiger partial charge in [0.15, 0.2) is 0 Å². The molecule has 0 aliphatic carbocycles. The van der Waals surface area contributed by atoms with E-state index in [0.29, 0.717) is 24.6 Å². The molecule has 4 nitrogen and oxygen atoms in total. The lowest BCUT2D eigenvalue weighted by Gasteiger charge is -2.30. The van der Waals surface area contributed by atoms with E-state index in [4.69, 9.17) is 10.4 Å². The summed E-state index contributed by atoms with van der Waals surface area (Å²) in [7, 11) is 0. The fourth-order valence-corrected chi connectivity index (χ4v) is 2.28. The molecule has 1 aliphatic rings. The van der Waals surface area contributed by atoms with E-state index in [2.05, 4.69) is 6.07 Å². The number of carbonyl (C=O) groups excluding carboxylic acids is 1. The van der Waals surface area contributed by atoms with Gasteiger partial charge in [-0.2, -0.15) is 5.26 Å². The van der Waals surface area contributed by atoms with Gasteiger partial charge in [0, 0.05) is 25.8 Å². The molecular formula is C16H18N2O2. The van der Waals surface area contributed by atoms with E-state index in [9.17, 15) is 4.79 Å². The fourth-order valence-electron chi connectivity index (χ4n) is 2.28. The van der Waals surface area contributed by atoms with Crippen molar-refractivity contribution in [2.45, 2.75) is 12.8 Å². The highest BCUT2D eigenvalue weighted by Crippen LogP contribution is 2.16. The molecule has 1 aromatic rings. The topological polar surface area (TPSA) is 64.3 Å². The number of nitrogens with zero attached hydrogens (tertiary/aromatic N) is 2. The van der Waals surface area contributed by atoms with Crippen LogP contribution in [-0.2, 0) is 4.79 Å². The summed E-state index contributed by atoms with van der Waals surface area (Å²) in [6.07, 6.45) is 5.07. The number of hydrogen-bond donors (Lipinski definition) is 1. The monoisotopic (exact) mass is 270 g/mol. The number of hydrogen-bond acceptors (Lipinski definition) is 3. The highest BCUT2D eigenvalue weighted by Gasteiger charge is 2.20. The molecule has 1 aromatic carbocycles. The summed E-state index contributed by atoms with van der Waals surface area (Å²) in [6, 6.07) is 9.17. The molecule has 1 N–H and O–H groups in total. The van der Waals surface area contributed by atoms with E-state index < -0.39 is 0 Å². The van der Waals surface area contributed by atoms with Crippen molar-refractivity contribution in [2.75, 3.05) is 19.7 Å². The number of nitriles is 1. The number of likely N-dealkylation sites (tertiary alicyclic amines) is 1. The number of benzene rings is 1. The van der Waals surface area contributed by atoms with Gasteiger partial charge in [0.25, 0.3) is 0 Å². The Kier molecular flexibility index (Phi) is 4.91. The second kappa shape index (κ2) is 6.88. The Morgan fingerprint density at radius 3 is 2.55 bits per heavy atom. The molecule has 0 radical (unpaired) electrons. The first-order valence-electron chi connectivity index (χ1n) is 6.81. The zero-order valence-corrected chi connectivity index (χ0v) is 11.3. The second-order valence-corrected chi connectivity index (χ2v) is 5.02. The lowest BCUT2D eigenvalue weighted by atomic mass is 9.98. The van der Waals surface area contributed by atoms with E-state index in [1.165, 1.54) is 0 Å². The minimum absolute atomic E-state index is 0.00532. The summed E-state index contributed by atoms with van der Waals surface area (Å²) < 4.78 is 0. The van der Waals surface area contributed by atoms with Gasteiger partial charge in [0.1, 0.15) is 0 Å². The van der Waals surface area contributed by atoms with Gasteiger partial charge < -0.3 is 10.0 Å². The van der Waals surface area contributed by atoms with Crippen molar-refractivity contribution in [3.8, 4) is 6.07 Å². The van der Waals surface area contributed by atoms with Crippen LogP contribution in [0, 0.1) is 17.2 Å². The van der Waals surface area contributed by atoms with Gasteiger partial charge in [0.2, 0.25) is 5.91 Å². The Morgan fingerprint density at radius 1 is 1.35 bits per heavy atom. The van der Waals surface area contributed by atoms with Crippen LogP contribution >= 0.6 is 0 Å². The lowest BCUT2D eigenvalue weighted by Crippen LogP contribution is -2.38. The molecular weight excluding hydrogens is 252 g/mol. The van der Waals surface area contributed by atoms with Crippen LogP contribution in [0.3, 0.4) is 0 Å². The Labute approximate surface area is 118 Å². The molecule has 1 heterocycles. The summed E-state index contributed by atoms with van der Waals surface area (Å²) >= 11 is 0. The standard InChI is InChI=1S/C16H18N2O2/c17-11-14-3-1-13(2-4-14)5-6-16(20)18-9-7-15(12-19)8-10-18/h1-6,15,19H,7-10,12H2/b6-5+. The molecule has 0 atom stereocenters. The van der Waals surface area contributed by atoms with E-state index >= 15 is 0 Å². The minimum Gasteiger partial charge on any atom is -0.396 e. The first kappa shape index (κ1) is 14.3. The van der Waals surface area contributed by atoms with Crippen LogP contribution in [0.2, 0.25) is 0 Å². The van der Waals surface area contributed by atoms with Crippen LogP contribution in [0.5, 0.6) is 0 Å².